The Morgan fingerprint density at radius 1 is 1.44 bits per heavy atom. The Kier molecular flexibility index (Phi) is 4.36. The van der Waals surface area contributed by atoms with Gasteiger partial charge in [-0.25, -0.2) is 0 Å². The van der Waals surface area contributed by atoms with Crippen molar-refractivity contribution in [2.45, 2.75) is 24.5 Å². The Bertz CT molecular complexity index is 430. The molecular weight excluding hydrogens is 246 g/mol. The van der Waals surface area contributed by atoms with Gasteiger partial charge in [0.05, 0.1) is 5.56 Å². The third kappa shape index (κ3) is 3.32. The van der Waals surface area contributed by atoms with Gasteiger partial charge in [-0.3, -0.25) is 4.79 Å². The van der Waals surface area contributed by atoms with Gasteiger partial charge in [-0.05, 0) is 36.8 Å². The molecule has 1 saturated heterocycles. The number of carbonyl (C=O) groups excluding carboxylic acids is 1. The van der Waals surface area contributed by atoms with Gasteiger partial charge in [0, 0.05) is 23.2 Å². The van der Waals surface area contributed by atoms with Crippen LogP contribution in [-0.2, 0) is 0 Å². The van der Waals surface area contributed by atoms with E-state index in [1.807, 2.05) is 17.8 Å². The van der Waals surface area contributed by atoms with Crippen LogP contribution in [0.4, 0.5) is 11.4 Å². The van der Waals surface area contributed by atoms with Crippen molar-refractivity contribution in [2.75, 3.05) is 23.3 Å². The van der Waals surface area contributed by atoms with E-state index in [2.05, 4.69) is 5.32 Å². The Morgan fingerprint density at radius 3 is 2.94 bits per heavy atom. The van der Waals surface area contributed by atoms with Crippen molar-refractivity contribution in [2.24, 2.45) is 5.73 Å². The molecule has 1 aromatic rings. The summed E-state index contributed by atoms with van der Waals surface area (Å²) in [7, 11) is 0. The van der Waals surface area contributed by atoms with Crippen LogP contribution >= 0.6 is 11.8 Å². The number of primary amides is 1. The molecule has 1 aliphatic heterocycles. The van der Waals surface area contributed by atoms with Gasteiger partial charge in [-0.2, -0.15) is 11.8 Å². The van der Waals surface area contributed by atoms with Crippen molar-refractivity contribution in [1.82, 2.24) is 0 Å². The standard InChI is InChI=1S/C13H19N3OS/c14-9-4-5-12(11(7-9)13(15)17)16-8-10-3-1-2-6-18-10/h4-5,7,10,16H,1-3,6,8,14H2,(H2,15,17). The lowest BCUT2D eigenvalue weighted by Gasteiger charge is -2.22. The van der Waals surface area contributed by atoms with E-state index in [4.69, 9.17) is 11.5 Å². The number of nitrogen functional groups attached to an aromatic ring is 1. The normalized spacial score (nSPS) is 19.4. The molecule has 1 amide bonds. The zero-order valence-corrected chi connectivity index (χ0v) is 11.1. The molecule has 1 fully saturated rings. The maximum Gasteiger partial charge on any atom is 0.250 e. The number of benzene rings is 1. The minimum Gasteiger partial charge on any atom is -0.399 e. The monoisotopic (exact) mass is 265 g/mol. The first kappa shape index (κ1) is 13.1. The number of hydrogen-bond acceptors (Lipinski definition) is 4. The quantitative estimate of drug-likeness (QED) is 0.728. The second kappa shape index (κ2) is 6.00. The smallest absolute Gasteiger partial charge is 0.250 e. The lowest BCUT2D eigenvalue weighted by atomic mass is 10.1. The van der Waals surface area contributed by atoms with E-state index in [-0.39, 0.29) is 0 Å². The van der Waals surface area contributed by atoms with Gasteiger partial charge in [0.15, 0.2) is 0 Å². The molecule has 1 atom stereocenters. The highest BCUT2D eigenvalue weighted by atomic mass is 32.2. The predicted octanol–water partition coefficient (Wildman–Crippen LogP) is 2.07. The fourth-order valence-corrected chi connectivity index (χ4v) is 3.35. The largest absolute Gasteiger partial charge is 0.399 e. The second-order valence-corrected chi connectivity index (χ2v) is 5.95. The summed E-state index contributed by atoms with van der Waals surface area (Å²) >= 11 is 2.00. The number of amides is 1. The van der Waals surface area contributed by atoms with Gasteiger partial charge < -0.3 is 16.8 Å². The Balaban J connectivity index is 2.01. The number of hydrogen-bond donors (Lipinski definition) is 3. The fraction of sp³-hybridized carbons (Fsp3) is 0.462. The van der Waals surface area contributed by atoms with Crippen LogP contribution in [0.3, 0.4) is 0 Å². The van der Waals surface area contributed by atoms with E-state index in [0.29, 0.717) is 16.5 Å². The maximum atomic E-state index is 11.3. The minimum absolute atomic E-state index is 0.443. The molecule has 1 aliphatic rings. The highest BCUT2D eigenvalue weighted by Gasteiger charge is 2.15. The average Bonchev–Trinajstić information content (AvgIpc) is 2.38. The van der Waals surface area contributed by atoms with E-state index in [0.717, 1.165) is 12.2 Å². The molecule has 98 valence electrons. The van der Waals surface area contributed by atoms with Crippen LogP contribution in [0.25, 0.3) is 0 Å². The summed E-state index contributed by atoms with van der Waals surface area (Å²) in [5.74, 6) is 0.789. The van der Waals surface area contributed by atoms with Crippen molar-refractivity contribution in [3.05, 3.63) is 23.8 Å². The molecule has 4 nitrogen and oxygen atoms in total. The number of rotatable bonds is 4. The SMILES string of the molecule is NC(=O)c1cc(N)ccc1NCC1CCCCS1. The van der Waals surface area contributed by atoms with Gasteiger partial charge in [0.1, 0.15) is 0 Å². The molecule has 0 aliphatic carbocycles. The zero-order valence-electron chi connectivity index (χ0n) is 10.3. The first-order valence-electron chi connectivity index (χ1n) is 6.21. The molecule has 2 rings (SSSR count). The first-order valence-corrected chi connectivity index (χ1v) is 7.26. The van der Waals surface area contributed by atoms with Crippen LogP contribution in [0, 0.1) is 0 Å². The van der Waals surface area contributed by atoms with Crippen molar-refractivity contribution in [3.63, 3.8) is 0 Å². The van der Waals surface area contributed by atoms with Gasteiger partial charge >= 0.3 is 0 Å². The lowest BCUT2D eigenvalue weighted by molar-refractivity contribution is 0.100. The highest BCUT2D eigenvalue weighted by molar-refractivity contribution is 7.99. The summed E-state index contributed by atoms with van der Waals surface area (Å²) in [6.07, 6.45) is 3.85. The summed E-state index contributed by atoms with van der Waals surface area (Å²) in [5.41, 5.74) is 12.8. The lowest BCUT2D eigenvalue weighted by Crippen LogP contribution is -2.22. The number of anilines is 2. The topological polar surface area (TPSA) is 81.1 Å². The van der Waals surface area contributed by atoms with Crippen molar-refractivity contribution in [1.29, 1.82) is 0 Å². The van der Waals surface area contributed by atoms with Crippen LogP contribution in [0.2, 0.25) is 0 Å². The van der Waals surface area contributed by atoms with Crippen LogP contribution in [0.15, 0.2) is 18.2 Å². The van der Waals surface area contributed by atoms with E-state index in [1.165, 1.54) is 25.0 Å². The van der Waals surface area contributed by atoms with Crippen LogP contribution < -0.4 is 16.8 Å². The van der Waals surface area contributed by atoms with Crippen molar-refractivity contribution in [3.8, 4) is 0 Å². The van der Waals surface area contributed by atoms with E-state index in [1.54, 1.807) is 12.1 Å². The Morgan fingerprint density at radius 2 is 2.28 bits per heavy atom. The van der Waals surface area contributed by atoms with Crippen molar-refractivity contribution >= 4 is 29.0 Å². The molecule has 5 N–H and O–H groups in total. The van der Waals surface area contributed by atoms with E-state index in [9.17, 15) is 4.79 Å². The summed E-state index contributed by atoms with van der Waals surface area (Å²) in [6, 6.07) is 5.23. The summed E-state index contributed by atoms with van der Waals surface area (Å²) in [6.45, 7) is 0.870. The molecule has 18 heavy (non-hydrogen) atoms. The van der Waals surface area contributed by atoms with Crippen LogP contribution in [0.1, 0.15) is 29.6 Å². The van der Waals surface area contributed by atoms with Crippen LogP contribution in [0.5, 0.6) is 0 Å². The number of thioether (sulfide) groups is 1. The third-order valence-electron chi connectivity index (χ3n) is 3.10. The maximum absolute atomic E-state index is 11.3. The Hall–Kier alpha value is -1.36. The molecule has 1 aromatic carbocycles. The molecule has 0 radical (unpaired) electrons. The molecule has 5 heteroatoms. The second-order valence-electron chi connectivity index (χ2n) is 4.54. The van der Waals surface area contributed by atoms with E-state index < -0.39 is 5.91 Å². The van der Waals surface area contributed by atoms with Gasteiger partial charge in [0.25, 0.3) is 5.91 Å². The molecular formula is C13H19N3OS. The third-order valence-corrected chi connectivity index (χ3v) is 4.50. The van der Waals surface area contributed by atoms with Gasteiger partial charge in [-0.15, -0.1) is 0 Å². The average molecular weight is 265 g/mol. The van der Waals surface area contributed by atoms with Crippen molar-refractivity contribution < 1.29 is 4.79 Å². The molecule has 1 unspecified atom stereocenters. The van der Waals surface area contributed by atoms with Gasteiger partial charge in [0.2, 0.25) is 0 Å². The first-order chi connectivity index (χ1) is 8.66. The molecule has 1 heterocycles. The number of carbonyl (C=O) groups is 1. The predicted molar refractivity (Wildman–Crippen MR) is 78.0 cm³/mol. The molecule has 0 aromatic heterocycles. The number of nitrogens with two attached hydrogens (primary N) is 2. The molecule has 0 saturated carbocycles. The summed E-state index contributed by atoms with van der Waals surface area (Å²) in [4.78, 5) is 11.3. The molecule has 0 bridgehead atoms. The molecule has 0 spiro atoms. The minimum atomic E-state index is -0.443. The number of nitrogens with one attached hydrogen (secondary N) is 1. The van der Waals surface area contributed by atoms with Gasteiger partial charge in [-0.1, -0.05) is 6.42 Å². The summed E-state index contributed by atoms with van der Waals surface area (Å²) < 4.78 is 0. The Labute approximate surface area is 111 Å². The zero-order chi connectivity index (χ0) is 13.0. The summed E-state index contributed by atoms with van der Waals surface area (Å²) in [5, 5.41) is 3.94. The van der Waals surface area contributed by atoms with Crippen LogP contribution in [-0.4, -0.2) is 23.5 Å². The highest BCUT2D eigenvalue weighted by Crippen LogP contribution is 2.26. The van der Waals surface area contributed by atoms with E-state index >= 15 is 0 Å². The fourth-order valence-electron chi connectivity index (χ4n) is 2.11.